The van der Waals surface area contributed by atoms with Crippen LogP contribution in [0.2, 0.25) is 0 Å². The Morgan fingerprint density at radius 1 is 1.00 bits per heavy atom. The highest BCUT2D eigenvalue weighted by atomic mass is 16.5. The second-order valence-electron chi connectivity index (χ2n) is 5.86. The van der Waals surface area contributed by atoms with Gasteiger partial charge in [0.05, 0.1) is 20.4 Å². The van der Waals surface area contributed by atoms with Gasteiger partial charge in [-0.15, -0.1) is 0 Å². The highest BCUT2D eigenvalue weighted by Gasteiger charge is 2.12. The number of benzene rings is 2. The lowest BCUT2D eigenvalue weighted by molar-refractivity contribution is 0.354. The first-order valence-corrected chi connectivity index (χ1v) is 8.20. The summed E-state index contributed by atoms with van der Waals surface area (Å²) in [5.41, 5.74) is 4.61. The van der Waals surface area contributed by atoms with E-state index in [1.54, 1.807) is 14.2 Å². The van der Waals surface area contributed by atoms with Gasteiger partial charge in [-0.3, -0.25) is 4.68 Å². The number of rotatable bonds is 7. The molecular weight excluding hydrogens is 314 g/mol. The third-order valence-corrected chi connectivity index (χ3v) is 4.10. The summed E-state index contributed by atoms with van der Waals surface area (Å²) in [6.07, 6.45) is 3.89. The number of aryl methyl sites for hydroxylation is 1. The maximum atomic E-state index is 5.47. The molecule has 0 bridgehead atoms. The highest BCUT2D eigenvalue weighted by Crippen LogP contribution is 2.35. The van der Waals surface area contributed by atoms with Crippen LogP contribution in [-0.2, 0) is 20.1 Å². The van der Waals surface area contributed by atoms with Crippen molar-refractivity contribution in [3.8, 4) is 22.6 Å². The number of aromatic nitrogens is 2. The van der Waals surface area contributed by atoms with Gasteiger partial charge in [-0.2, -0.15) is 5.10 Å². The normalized spacial score (nSPS) is 10.7. The van der Waals surface area contributed by atoms with Crippen molar-refractivity contribution >= 4 is 0 Å². The number of nitrogens with zero attached hydrogens (tertiary/aromatic N) is 2. The minimum Gasteiger partial charge on any atom is -0.493 e. The molecule has 0 aliphatic heterocycles. The molecule has 1 N–H and O–H groups in total. The SMILES string of the molecule is COc1cc(CNCc2cnn(C)c2)c(-c2ccccc2)cc1OC. The van der Waals surface area contributed by atoms with E-state index in [1.165, 1.54) is 0 Å². The summed E-state index contributed by atoms with van der Waals surface area (Å²) in [5.74, 6) is 1.47. The second-order valence-corrected chi connectivity index (χ2v) is 5.86. The quantitative estimate of drug-likeness (QED) is 0.718. The van der Waals surface area contributed by atoms with Crippen LogP contribution >= 0.6 is 0 Å². The Kier molecular flexibility index (Phi) is 5.36. The van der Waals surface area contributed by atoms with E-state index in [0.717, 1.165) is 46.8 Å². The molecule has 5 nitrogen and oxygen atoms in total. The first-order valence-electron chi connectivity index (χ1n) is 8.20. The summed E-state index contributed by atoms with van der Waals surface area (Å²) in [5, 5.41) is 7.68. The van der Waals surface area contributed by atoms with Gasteiger partial charge >= 0.3 is 0 Å². The average molecular weight is 337 g/mol. The zero-order valence-electron chi connectivity index (χ0n) is 14.8. The topological polar surface area (TPSA) is 48.3 Å². The molecule has 0 saturated heterocycles. The molecule has 0 unspecified atom stereocenters. The summed E-state index contributed by atoms with van der Waals surface area (Å²) < 4.78 is 12.8. The first-order chi connectivity index (χ1) is 12.2. The Bertz CT molecular complexity index is 828. The van der Waals surface area contributed by atoms with Crippen LogP contribution in [0.1, 0.15) is 11.1 Å². The lowest BCUT2D eigenvalue weighted by atomic mass is 9.98. The third-order valence-electron chi connectivity index (χ3n) is 4.10. The molecule has 0 amide bonds. The van der Waals surface area contributed by atoms with Crippen molar-refractivity contribution in [1.82, 2.24) is 15.1 Å². The lowest BCUT2D eigenvalue weighted by Gasteiger charge is -2.16. The molecule has 0 atom stereocenters. The fraction of sp³-hybridized carbons (Fsp3) is 0.250. The molecule has 0 saturated carbocycles. The minimum atomic E-state index is 0.722. The number of nitrogens with one attached hydrogen (secondary N) is 1. The van der Waals surface area contributed by atoms with Crippen LogP contribution < -0.4 is 14.8 Å². The summed E-state index contributed by atoms with van der Waals surface area (Å²) in [7, 11) is 5.24. The van der Waals surface area contributed by atoms with E-state index >= 15 is 0 Å². The van der Waals surface area contributed by atoms with Crippen molar-refractivity contribution in [2.24, 2.45) is 7.05 Å². The van der Waals surface area contributed by atoms with E-state index in [-0.39, 0.29) is 0 Å². The van der Waals surface area contributed by atoms with E-state index in [0.29, 0.717) is 0 Å². The molecule has 1 heterocycles. The van der Waals surface area contributed by atoms with Crippen LogP contribution in [0.5, 0.6) is 11.5 Å². The molecule has 0 spiro atoms. The Balaban J connectivity index is 1.87. The van der Waals surface area contributed by atoms with E-state index in [2.05, 4.69) is 22.5 Å². The Morgan fingerprint density at radius 3 is 2.36 bits per heavy atom. The zero-order chi connectivity index (χ0) is 17.6. The molecule has 0 aliphatic rings. The fourth-order valence-electron chi connectivity index (χ4n) is 2.86. The first kappa shape index (κ1) is 17.0. The molecule has 0 radical (unpaired) electrons. The van der Waals surface area contributed by atoms with Crippen molar-refractivity contribution in [1.29, 1.82) is 0 Å². The summed E-state index contributed by atoms with van der Waals surface area (Å²) in [6.45, 7) is 1.48. The lowest BCUT2D eigenvalue weighted by Crippen LogP contribution is -2.13. The summed E-state index contributed by atoms with van der Waals surface area (Å²) in [6, 6.07) is 14.4. The largest absolute Gasteiger partial charge is 0.493 e. The molecule has 2 aromatic carbocycles. The molecule has 5 heteroatoms. The minimum absolute atomic E-state index is 0.722. The van der Waals surface area contributed by atoms with Crippen LogP contribution in [0, 0.1) is 0 Å². The van der Waals surface area contributed by atoms with Crippen LogP contribution in [-0.4, -0.2) is 24.0 Å². The number of ether oxygens (including phenoxy) is 2. The van der Waals surface area contributed by atoms with Gasteiger partial charge in [-0.05, 0) is 28.8 Å². The monoisotopic (exact) mass is 337 g/mol. The van der Waals surface area contributed by atoms with Gasteiger partial charge in [0.2, 0.25) is 0 Å². The van der Waals surface area contributed by atoms with Crippen LogP contribution in [0.15, 0.2) is 54.9 Å². The zero-order valence-corrected chi connectivity index (χ0v) is 14.8. The molecule has 25 heavy (non-hydrogen) atoms. The highest BCUT2D eigenvalue weighted by molar-refractivity contribution is 5.71. The molecular formula is C20H23N3O2. The van der Waals surface area contributed by atoms with Gasteiger partial charge in [0, 0.05) is 31.9 Å². The number of hydrogen-bond donors (Lipinski definition) is 1. The summed E-state index contributed by atoms with van der Waals surface area (Å²) >= 11 is 0. The van der Waals surface area contributed by atoms with Gasteiger partial charge in [-0.25, -0.2) is 0 Å². The number of methoxy groups -OCH3 is 2. The molecule has 0 fully saturated rings. The third kappa shape index (κ3) is 4.00. The maximum absolute atomic E-state index is 5.47. The molecule has 0 aliphatic carbocycles. The second kappa shape index (κ2) is 7.85. The van der Waals surface area contributed by atoms with E-state index in [9.17, 15) is 0 Å². The standard InChI is InChI=1S/C20H23N3O2/c1-23-14-15(12-22-23)11-21-13-17-9-19(24-2)20(25-3)10-18(17)16-7-5-4-6-8-16/h4-10,12,14,21H,11,13H2,1-3H3. The van der Waals surface area contributed by atoms with Crippen molar-refractivity contribution in [2.75, 3.05) is 14.2 Å². The number of hydrogen-bond acceptors (Lipinski definition) is 4. The van der Waals surface area contributed by atoms with Gasteiger partial charge in [-0.1, -0.05) is 30.3 Å². The van der Waals surface area contributed by atoms with E-state index in [4.69, 9.17) is 9.47 Å². The smallest absolute Gasteiger partial charge is 0.161 e. The maximum Gasteiger partial charge on any atom is 0.161 e. The van der Waals surface area contributed by atoms with Gasteiger partial charge < -0.3 is 14.8 Å². The molecule has 3 rings (SSSR count). The van der Waals surface area contributed by atoms with Crippen molar-refractivity contribution < 1.29 is 9.47 Å². The predicted octanol–water partition coefficient (Wildman–Crippen LogP) is 3.39. The molecule has 130 valence electrons. The average Bonchev–Trinajstić information content (AvgIpc) is 3.07. The van der Waals surface area contributed by atoms with Crippen molar-refractivity contribution in [3.63, 3.8) is 0 Å². The van der Waals surface area contributed by atoms with Crippen LogP contribution in [0.4, 0.5) is 0 Å². The summed E-state index contributed by atoms with van der Waals surface area (Å²) in [4.78, 5) is 0. The van der Waals surface area contributed by atoms with E-state index < -0.39 is 0 Å². The van der Waals surface area contributed by atoms with Crippen LogP contribution in [0.25, 0.3) is 11.1 Å². The van der Waals surface area contributed by atoms with Gasteiger partial charge in [0.1, 0.15) is 0 Å². The molecule has 3 aromatic rings. The molecule has 1 aromatic heterocycles. The van der Waals surface area contributed by atoms with Gasteiger partial charge in [0.15, 0.2) is 11.5 Å². The van der Waals surface area contributed by atoms with Gasteiger partial charge in [0.25, 0.3) is 0 Å². The van der Waals surface area contributed by atoms with Crippen molar-refractivity contribution in [2.45, 2.75) is 13.1 Å². The van der Waals surface area contributed by atoms with Crippen molar-refractivity contribution in [3.05, 3.63) is 66.0 Å². The Hall–Kier alpha value is -2.79. The van der Waals surface area contributed by atoms with E-state index in [1.807, 2.05) is 54.5 Å². The Morgan fingerprint density at radius 2 is 1.72 bits per heavy atom. The predicted molar refractivity (Wildman–Crippen MR) is 98.7 cm³/mol. The Labute approximate surface area is 148 Å². The van der Waals surface area contributed by atoms with Crippen LogP contribution in [0.3, 0.4) is 0 Å². The fourth-order valence-corrected chi connectivity index (χ4v) is 2.86.